The van der Waals surface area contributed by atoms with Gasteiger partial charge in [-0.1, -0.05) is 24.3 Å². The molecule has 24 heavy (non-hydrogen) atoms. The first-order chi connectivity index (χ1) is 11.6. The van der Waals surface area contributed by atoms with E-state index in [1.54, 1.807) is 6.07 Å². The average Bonchev–Trinajstić information content (AvgIpc) is 2.59. The predicted octanol–water partition coefficient (Wildman–Crippen LogP) is 3.64. The Kier molecular flexibility index (Phi) is 5.36. The molecule has 1 heterocycles. The number of halogens is 1. The second kappa shape index (κ2) is 7.67. The van der Waals surface area contributed by atoms with E-state index in [1.165, 1.54) is 17.2 Å². The summed E-state index contributed by atoms with van der Waals surface area (Å²) in [6, 6.07) is 13.3. The van der Waals surface area contributed by atoms with E-state index in [1.807, 2.05) is 12.1 Å². The molecule has 0 aromatic heterocycles. The summed E-state index contributed by atoms with van der Waals surface area (Å²) in [6.07, 6.45) is 0. The summed E-state index contributed by atoms with van der Waals surface area (Å²) in [4.78, 5) is 4.50. The van der Waals surface area contributed by atoms with Gasteiger partial charge in [0.05, 0.1) is 5.69 Å². The number of ether oxygens (including phenoxy) is 1. The fraction of sp³-hybridized carbons (Fsp3) is 0.400. The number of hydrogen-bond donors (Lipinski definition) is 0. The molecule has 2 aromatic rings. The Labute approximate surface area is 143 Å². The largest absolute Gasteiger partial charge is 0.492 e. The fourth-order valence-corrected chi connectivity index (χ4v) is 3.07. The number of para-hydroxylation sites is 1. The lowest BCUT2D eigenvalue weighted by atomic mass is 10.1. The van der Waals surface area contributed by atoms with Crippen LogP contribution in [0, 0.1) is 19.7 Å². The maximum absolute atomic E-state index is 13.9. The SMILES string of the molecule is Cc1ccc(C)c(OCCN2CCN(c3ccccc3F)CC2)c1. The molecular weight excluding hydrogens is 303 g/mol. The van der Waals surface area contributed by atoms with E-state index in [2.05, 4.69) is 41.8 Å². The van der Waals surface area contributed by atoms with Crippen molar-refractivity contribution in [3.63, 3.8) is 0 Å². The van der Waals surface area contributed by atoms with Crippen LogP contribution in [0.15, 0.2) is 42.5 Å². The number of anilines is 1. The van der Waals surface area contributed by atoms with E-state index in [-0.39, 0.29) is 5.82 Å². The maximum atomic E-state index is 13.9. The molecule has 1 saturated heterocycles. The second-order valence-electron chi connectivity index (χ2n) is 6.40. The highest BCUT2D eigenvalue weighted by Gasteiger charge is 2.19. The van der Waals surface area contributed by atoms with Crippen LogP contribution in [0.25, 0.3) is 0 Å². The Morgan fingerprint density at radius 1 is 1.00 bits per heavy atom. The lowest BCUT2D eigenvalue weighted by Gasteiger charge is -2.36. The molecule has 128 valence electrons. The van der Waals surface area contributed by atoms with Crippen molar-refractivity contribution < 1.29 is 9.13 Å². The van der Waals surface area contributed by atoms with Crippen LogP contribution in [-0.2, 0) is 0 Å². The molecule has 3 rings (SSSR count). The Morgan fingerprint density at radius 3 is 2.50 bits per heavy atom. The van der Waals surface area contributed by atoms with Crippen molar-refractivity contribution in [3.05, 3.63) is 59.4 Å². The highest BCUT2D eigenvalue weighted by atomic mass is 19.1. The normalized spacial score (nSPS) is 15.5. The van der Waals surface area contributed by atoms with Crippen LogP contribution in [0.1, 0.15) is 11.1 Å². The average molecular weight is 328 g/mol. The number of piperazine rings is 1. The number of nitrogens with zero attached hydrogens (tertiary/aromatic N) is 2. The Balaban J connectivity index is 1.46. The third-order valence-corrected chi connectivity index (χ3v) is 4.57. The minimum absolute atomic E-state index is 0.135. The molecule has 1 fully saturated rings. The Bertz CT molecular complexity index is 681. The molecule has 1 aliphatic rings. The summed E-state index contributed by atoms with van der Waals surface area (Å²) < 4.78 is 19.8. The van der Waals surface area contributed by atoms with E-state index in [0.717, 1.165) is 38.5 Å². The van der Waals surface area contributed by atoms with Crippen LogP contribution in [0.5, 0.6) is 5.75 Å². The first kappa shape index (κ1) is 16.8. The van der Waals surface area contributed by atoms with Gasteiger partial charge >= 0.3 is 0 Å². The fourth-order valence-electron chi connectivity index (χ4n) is 3.07. The smallest absolute Gasteiger partial charge is 0.146 e. The van der Waals surface area contributed by atoms with E-state index in [4.69, 9.17) is 4.74 Å². The van der Waals surface area contributed by atoms with Gasteiger partial charge in [-0.2, -0.15) is 0 Å². The highest BCUT2D eigenvalue weighted by Crippen LogP contribution is 2.21. The third kappa shape index (κ3) is 4.06. The maximum Gasteiger partial charge on any atom is 0.146 e. The van der Waals surface area contributed by atoms with Gasteiger partial charge in [0.1, 0.15) is 18.2 Å². The van der Waals surface area contributed by atoms with Gasteiger partial charge in [-0.3, -0.25) is 4.90 Å². The Morgan fingerprint density at radius 2 is 1.75 bits per heavy atom. The molecule has 0 atom stereocenters. The van der Waals surface area contributed by atoms with Gasteiger partial charge in [-0.25, -0.2) is 4.39 Å². The lowest BCUT2D eigenvalue weighted by Crippen LogP contribution is -2.47. The molecule has 0 spiro atoms. The van der Waals surface area contributed by atoms with Gasteiger partial charge in [0, 0.05) is 32.7 Å². The van der Waals surface area contributed by atoms with Crippen molar-refractivity contribution in [2.45, 2.75) is 13.8 Å². The summed E-state index contributed by atoms with van der Waals surface area (Å²) in [5.74, 6) is 0.837. The molecular formula is C20H25FN2O. The zero-order valence-electron chi connectivity index (χ0n) is 14.5. The lowest BCUT2D eigenvalue weighted by molar-refractivity contribution is 0.199. The number of hydrogen-bond acceptors (Lipinski definition) is 3. The summed E-state index contributed by atoms with van der Waals surface area (Å²) in [5.41, 5.74) is 3.10. The van der Waals surface area contributed by atoms with Gasteiger partial charge < -0.3 is 9.64 Å². The van der Waals surface area contributed by atoms with Crippen molar-refractivity contribution in [2.24, 2.45) is 0 Å². The highest BCUT2D eigenvalue weighted by molar-refractivity contribution is 5.48. The molecule has 4 heteroatoms. The predicted molar refractivity (Wildman–Crippen MR) is 96.5 cm³/mol. The van der Waals surface area contributed by atoms with Gasteiger partial charge in [-0.15, -0.1) is 0 Å². The van der Waals surface area contributed by atoms with E-state index >= 15 is 0 Å². The monoisotopic (exact) mass is 328 g/mol. The zero-order valence-corrected chi connectivity index (χ0v) is 14.5. The number of benzene rings is 2. The second-order valence-corrected chi connectivity index (χ2v) is 6.40. The molecule has 0 unspecified atom stereocenters. The van der Waals surface area contributed by atoms with Crippen LogP contribution < -0.4 is 9.64 Å². The molecule has 3 nitrogen and oxygen atoms in total. The minimum Gasteiger partial charge on any atom is -0.492 e. The molecule has 0 bridgehead atoms. The molecule has 0 radical (unpaired) electrons. The summed E-state index contributed by atoms with van der Waals surface area (Å²) in [7, 11) is 0. The van der Waals surface area contributed by atoms with Crippen LogP contribution in [0.3, 0.4) is 0 Å². The van der Waals surface area contributed by atoms with Crippen LogP contribution in [-0.4, -0.2) is 44.2 Å². The number of aryl methyl sites for hydroxylation is 2. The van der Waals surface area contributed by atoms with Crippen LogP contribution in [0.2, 0.25) is 0 Å². The van der Waals surface area contributed by atoms with Crippen LogP contribution >= 0.6 is 0 Å². The van der Waals surface area contributed by atoms with Gasteiger partial charge in [-0.05, 0) is 43.2 Å². The molecule has 0 amide bonds. The molecule has 2 aromatic carbocycles. The van der Waals surface area contributed by atoms with Crippen molar-refractivity contribution in [1.29, 1.82) is 0 Å². The Hall–Kier alpha value is -2.07. The van der Waals surface area contributed by atoms with Crippen molar-refractivity contribution >= 4 is 5.69 Å². The van der Waals surface area contributed by atoms with Crippen molar-refractivity contribution in [1.82, 2.24) is 4.90 Å². The zero-order chi connectivity index (χ0) is 16.9. The summed E-state index contributed by atoms with van der Waals surface area (Å²) in [6.45, 7) is 9.31. The molecule has 0 N–H and O–H groups in total. The van der Waals surface area contributed by atoms with E-state index in [9.17, 15) is 4.39 Å². The first-order valence-electron chi connectivity index (χ1n) is 8.55. The number of rotatable bonds is 5. The van der Waals surface area contributed by atoms with Crippen molar-refractivity contribution in [2.75, 3.05) is 44.2 Å². The van der Waals surface area contributed by atoms with E-state index in [0.29, 0.717) is 12.3 Å². The van der Waals surface area contributed by atoms with Gasteiger partial charge in [0.2, 0.25) is 0 Å². The molecule has 0 saturated carbocycles. The van der Waals surface area contributed by atoms with Gasteiger partial charge in [0.15, 0.2) is 0 Å². The molecule has 0 aliphatic carbocycles. The molecule has 1 aliphatic heterocycles. The topological polar surface area (TPSA) is 15.7 Å². The first-order valence-corrected chi connectivity index (χ1v) is 8.55. The minimum atomic E-state index is -0.135. The van der Waals surface area contributed by atoms with Gasteiger partial charge in [0.25, 0.3) is 0 Å². The van der Waals surface area contributed by atoms with Crippen molar-refractivity contribution in [3.8, 4) is 5.75 Å². The standard InChI is InChI=1S/C20H25FN2O/c1-16-7-8-17(2)20(15-16)24-14-13-22-9-11-23(12-10-22)19-6-4-3-5-18(19)21/h3-8,15H,9-14H2,1-2H3. The quantitative estimate of drug-likeness (QED) is 0.833. The third-order valence-electron chi connectivity index (χ3n) is 4.57. The summed E-state index contributed by atoms with van der Waals surface area (Å²) in [5, 5.41) is 0. The van der Waals surface area contributed by atoms with E-state index < -0.39 is 0 Å². The van der Waals surface area contributed by atoms with Crippen LogP contribution in [0.4, 0.5) is 10.1 Å². The summed E-state index contributed by atoms with van der Waals surface area (Å²) >= 11 is 0.